The standard InChI is InChI=1S/2C12H12N2.C6H6.H2O/c2*13-11-5-1-9(2-6-11)10-3-7-12(14)8-4-10;1-2-4-6-5-3-1;/h2*1-8H,13-14H2;1-6H;1H2. The van der Waals surface area contributed by atoms with Gasteiger partial charge < -0.3 is 28.4 Å². The van der Waals surface area contributed by atoms with Crippen LogP contribution in [0.5, 0.6) is 0 Å². The van der Waals surface area contributed by atoms with Crippen molar-refractivity contribution in [1.82, 2.24) is 0 Å². The van der Waals surface area contributed by atoms with Crippen LogP contribution in [0.3, 0.4) is 0 Å². The first-order chi connectivity index (χ1) is 16.5. The van der Waals surface area contributed by atoms with E-state index in [1.807, 2.05) is 133 Å². The topological polar surface area (TPSA) is 136 Å². The van der Waals surface area contributed by atoms with Gasteiger partial charge in [0.15, 0.2) is 0 Å². The summed E-state index contributed by atoms with van der Waals surface area (Å²) in [6, 6.07) is 43.2. The number of nitrogen functional groups attached to an aromatic ring is 4. The van der Waals surface area contributed by atoms with Crippen molar-refractivity contribution in [3.63, 3.8) is 0 Å². The fraction of sp³-hybridized carbons (Fsp3) is 0. The quantitative estimate of drug-likeness (QED) is 0.242. The zero-order chi connectivity index (χ0) is 24.2. The minimum absolute atomic E-state index is 0. The van der Waals surface area contributed by atoms with Gasteiger partial charge in [0.25, 0.3) is 0 Å². The molecule has 5 heteroatoms. The molecule has 0 atom stereocenters. The van der Waals surface area contributed by atoms with E-state index in [-0.39, 0.29) is 5.48 Å². The van der Waals surface area contributed by atoms with Crippen LogP contribution in [0.25, 0.3) is 22.3 Å². The Morgan fingerprint density at radius 1 is 0.257 bits per heavy atom. The third-order valence-electron chi connectivity index (χ3n) is 4.98. The second kappa shape index (κ2) is 13.7. The largest absolute Gasteiger partial charge is 0.412 e. The maximum atomic E-state index is 5.61. The van der Waals surface area contributed by atoms with E-state index in [0.717, 1.165) is 45.0 Å². The highest BCUT2D eigenvalue weighted by Crippen LogP contribution is 2.22. The Hall–Kier alpha value is -4.74. The minimum Gasteiger partial charge on any atom is -0.412 e. The Labute approximate surface area is 207 Å². The van der Waals surface area contributed by atoms with Crippen molar-refractivity contribution in [2.45, 2.75) is 0 Å². The van der Waals surface area contributed by atoms with E-state index < -0.39 is 0 Å². The first-order valence-corrected chi connectivity index (χ1v) is 10.9. The highest BCUT2D eigenvalue weighted by atomic mass is 16.0. The van der Waals surface area contributed by atoms with Gasteiger partial charge in [-0.15, -0.1) is 0 Å². The molecule has 5 rings (SSSR count). The highest BCUT2D eigenvalue weighted by molar-refractivity contribution is 5.68. The lowest BCUT2D eigenvalue weighted by molar-refractivity contribution is 0.824. The van der Waals surface area contributed by atoms with E-state index in [0.29, 0.717) is 0 Å². The van der Waals surface area contributed by atoms with E-state index in [1.54, 1.807) is 0 Å². The fourth-order valence-corrected chi connectivity index (χ4v) is 3.09. The Morgan fingerprint density at radius 3 is 0.543 bits per heavy atom. The molecule has 0 aromatic heterocycles. The van der Waals surface area contributed by atoms with Crippen LogP contribution < -0.4 is 22.9 Å². The van der Waals surface area contributed by atoms with Crippen molar-refractivity contribution in [3.8, 4) is 22.3 Å². The van der Waals surface area contributed by atoms with Gasteiger partial charge in [0, 0.05) is 22.7 Å². The lowest BCUT2D eigenvalue weighted by Crippen LogP contribution is -1.85. The SMILES string of the molecule is Nc1ccc(-c2ccc(N)cc2)cc1.Nc1ccc(-c2ccc(N)cc2)cc1.O.c1ccccc1. The molecule has 0 spiro atoms. The second-order valence-corrected chi connectivity index (χ2v) is 7.64. The van der Waals surface area contributed by atoms with E-state index >= 15 is 0 Å². The van der Waals surface area contributed by atoms with Gasteiger partial charge in [-0.3, -0.25) is 0 Å². The van der Waals surface area contributed by atoms with Crippen molar-refractivity contribution < 1.29 is 5.48 Å². The van der Waals surface area contributed by atoms with Crippen LogP contribution in [0.2, 0.25) is 0 Å². The molecule has 0 aliphatic carbocycles. The van der Waals surface area contributed by atoms with Crippen molar-refractivity contribution >= 4 is 22.7 Å². The zero-order valence-corrected chi connectivity index (χ0v) is 19.5. The van der Waals surface area contributed by atoms with Crippen LogP contribution in [0.4, 0.5) is 22.7 Å². The third-order valence-corrected chi connectivity index (χ3v) is 4.98. The molecular formula is C30H32N4O. The molecule has 0 saturated heterocycles. The summed E-state index contributed by atoms with van der Waals surface area (Å²) < 4.78 is 0. The summed E-state index contributed by atoms with van der Waals surface area (Å²) >= 11 is 0. The summed E-state index contributed by atoms with van der Waals surface area (Å²) in [6.07, 6.45) is 0. The molecule has 0 bridgehead atoms. The monoisotopic (exact) mass is 464 g/mol. The maximum absolute atomic E-state index is 5.61. The molecule has 5 aromatic rings. The fourth-order valence-electron chi connectivity index (χ4n) is 3.09. The average Bonchev–Trinajstić information content (AvgIpc) is 2.88. The normalized spacial score (nSPS) is 9.37. The Bertz CT molecular complexity index is 1040. The van der Waals surface area contributed by atoms with E-state index in [2.05, 4.69) is 0 Å². The Morgan fingerprint density at radius 2 is 0.400 bits per heavy atom. The van der Waals surface area contributed by atoms with Gasteiger partial charge in [0.05, 0.1) is 0 Å². The molecule has 10 N–H and O–H groups in total. The number of nitrogens with two attached hydrogens (primary N) is 4. The van der Waals surface area contributed by atoms with Gasteiger partial charge in [0.1, 0.15) is 0 Å². The summed E-state index contributed by atoms with van der Waals surface area (Å²) in [4.78, 5) is 0. The van der Waals surface area contributed by atoms with Gasteiger partial charge in [-0.25, -0.2) is 0 Å². The van der Waals surface area contributed by atoms with Crippen LogP contribution in [-0.4, -0.2) is 5.48 Å². The number of rotatable bonds is 2. The third kappa shape index (κ3) is 8.96. The molecule has 0 amide bonds. The smallest absolute Gasteiger partial charge is 0.0314 e. The molecule has 178 valence electrons. The van der Waals surface area contributed by atoms with E-state index in [9.17, 15) is 0 Å². The molecule has 0 radical (unpaired) electrons. The van der Waals surface area contributed by atoms with Gasteiger partial charge in [-0.2, -0.15) is 0 Å². The van der Waals surface area contributed by atoms with Crippen LogP contribution in [0.15, 0.2) is 133 Å². The van der Waals surface area contributed by atoms with E-state index in [1.165, 1.54) is 0 Å². The first kappa shape index (κ1) is 26.5. The van der Waals surface area contributed by atoms with Crippen molar-refractivity contribution in [2.24, 2.45) is 0 Å². The average molecular weight is 465 g/mol. The summed E-state index contributed by atoms with van der Waals surface area (Å²) in [5.41, 5.74) is 30.2. The van der Waals surface area contributed by atoms with Crippen molar-refractivity contribution in [3.05, 3.63) is 133 Å². The summed E-state index contributed by atoms with van der Waals surface area (Å²) in [7, 11) is 0. The highest BCUT2D eigenvalue weighted by Gasteiger charge is 1.97. The van der Waals surface area contributed by atoms with Gasteiger partial charge in [-0.1, -0.05) is 84.9 Å². The number of hydrogen-bond donors (Lipinski definition) is 4. The van der Waals surface area contributed by atoms with E-state index in [4.69, 9.17) is 22.9 Å². The summed E-state index contributed by atoms with van der Waals surface area (Å²) in [5, 5.41) is 0. The predicted molar refractivity (Wildman–Crippen MR) is 151 cm³/mol. The van der Waals surface area contributed by atoms with Crippen molar-refractivity contribution in [2.75, 3.05) is 22.9 Å². The molecular weight excluding hydrogens is 432 g/mol. The van der Waals surface area contributed by atoms with Gasteiger partial charge in [-0.05, 0) is 70.8 Å². The second-order valence-electron chi connectivity index (χ2n) is 7.64. The summed E-state index contributed by atoms with van der Waals surface area (Å²) in [6.45, 7) is 0. The van der Waals surface area contributed by atoms with Crippen LogP contribution in [-0.2, 0) is 0 Å². The zero-order valence-electron chi connectivity index (χ0n) is 19.5. The summed E-state index contributed by atoms with van der Waals surface area (Å²) in [5.74, 6) is 0. The molecule has 5 aromatic carbocycles. The number of anilines is 4. The molecule has 0 aliphatic heterocycles. The van der Waals surface area contributed by atoms with Crippen LogP contribution in [0, 0.1) is 0 Å². The number of hydrogen-bond acceptors (Lipinski definition) is 4. The Balaban J connectivity index is 0.000000196. The maximum Gasteiger partial charge on any atom is 0.0314 e. The Kier molecular flexibility index (Phi) is 10.4. The minimum atomic E-state index is 0. The molecule has 0 aliphatic rings. The molecule has 0 fully saturated rings. The molecule has 0 unspecified atom stereocenters. The predicted octanol–water partition coefficient (Wildman–Crippen LogP) is 5.90. The molecule has 0 heterocycles. The molecule has 35 heavy (non-hydrogen) atoms. The van der Waals surface area contributed by atoms with Gasteiger partial charge in [0.2, 0.25) is 0 Å². The van der Waals surface area contributed by atoms with Crippen LogP contribution >= 0.6 is 0 Å². The van der Waals surface area contributed by atoms with Gasteiger partial charge >= 0.3 is 0 Å². The lowest BCUT2D eigenvalue weighted by atomic mass is 10.1. The molecule has 0 saturated carbocycles. The molecule has 5 nitrogen and oxygen atoms in total. The first-order valence-electron chi connectivity index (χ1n) is 10.9. The number of benzene rings is 5. The lowest BCUT2D eigenvalue weighted by Gasteiger charge is -2.02. The van der Waals surface area contributed by atoms with Crippen molar-refractivity contribution in [1.29, 1.82) is 0 Å². The van der Waals surface area contributed by atoms with Crippen LogP contribution in [0.1, 0.15) is 0 Å².